The molecule has 0 bridgehead atoms. The number of carboxylic acid groups (broad SMARTS) is 1. The highest BCUT2D eigenvalue weighted by atomic mass is 35.5. The first-order valence-corrected chi connectivity index (χ1v) is 9.23. The lowest BCUT2D eigenvalue weighted by Gasteiger charge is -2.29. The summed E-state index contributed by atoms with van der Waals surface area (Å²) in [6.45, 7) is 0. The molecule has 1 aliphatic carbocycles. The maximum absolute atomic E-state index is 14.3. The molecule has 9 heteroatoms. The fraction of sp³-hybridized carbons (Fsp3) is 0.389. The van der Waals surface area contributed by atoms with E-state index in [1.165, 1.54) is 0 Å². The maximum Gasteiger partial charge on any atom is 0.308 e. The number of hydrogen-bond donors (Lipinski definition) is 4. The Morgan fingerprint density at radius 3 is 2.89 bits per heavy atom. The van der Waals surface area contributed by atoms with Crippen LogP contribution in [0.4, 0.5) is 10.2 Å². The van der Waals surface area contributed by atoms with Crippen molar-refractivity contribution in [2.75, 3.05) is 5.32 Å². The van der Waals surface area contributed by atoms with Gasteiger partial charge in [0.05, 0.1) is 17.1 Å². The Kier molecular flexibility index (Phi) is 4.73. The van der Waals surface area contributed by atoms with Gasteiger partial charge in [-0.15, -0.1) is 0 Å². The predicted molar refractivity (Wildman–Crippen MR) is 99.0 cm³/mol. The lowest BCUT2D eigenvalue weighted by Crippen LogP contribution is -2.37. The van der Waals surface area contributed by atoms with Crippen molar-refractivity contribution in [2.24, 2.45) is 5.92 Å². The van der Waals surface area contributed by atoms with Crippen molar-refractivity contribution in [1.82, 2.24) is 20.6 Å². The molecule has 1 saturated carbocycles. The van der Waals surface area contributed by atoms with Gasteiger partial charge >= 0.3 is 5.97 Å². The van der Waals surface area contributed by atoms with Gasteiger partial charge in [0, 0.05) is 29.6 Å². The first kappa shape index (κ1) is 17.8. The number of dihydropyridines is 1. The van der Waals surface area contributed by atoms with Gasteiger partial charge in [-0.1, -0.05) is 24.4 Å². The molecule has 2 aliphatic heterocycles. The van der Waals surface area contributed by atoms with E-state index in [1.54, 1.807) is 18.5 Å². The molecular formula is C18H19ClFN5O2. The van der Waals surface area contributed by atoms with Gasteiger partial charge in [0.2, 0.25) is 0 Å². The summed E-state index contributed by atoms with van der Waals surface area (Å²) < 4.78 is 14.3. The fourth-order valence-corrected chi connectivity index (χ4v) is 3.89. The number of aromatic nitrogens is 2. The summed E-state index contributed by atoms with van der Waals surface area (Å²) in [5.74, 6) is -1.66. The highest BCUT2D eigenvalue weighted by molar-refractivity contribution is 6.31. The van der Waals surface area contributed by atoms with E-state index in [0.29, 0.717) is 29.3 Å². The number of anilines is 1. The molecule has 1 fully saturated rings. The topological polar surface area (TPSA) is 99.2 Å². The maximum atomic E-state index is 14.3. The molecular weight excluding hydrogens is 373 g/mol. The van der Waals surface area contributed by atoms with Gasteiger partial charge in [-0.2, -0.15) is 0 Å². The van der Waals surface area contributed by atoms with Crippen LogP contribution in [0.5, 0.6) is 0 Å². The molecule has 3 atom stereocenters. The summed E-state index contributed by atoms with van der Waals surface area (Å²) in [6.07, 6.45) is 9.22. The minimum atomic E-state index is -0.868. The lowest BCUT2D eigenvalue weighted by molar-refractivity contribution is -0.143. The van der Waals surface area contributed by atoms with Crippen LogP contribution in [0.3, 0.4) is 0 Å². The standard InChI is InChI=1S/C18H19ClFN5O2/c19-9-5-11-12(7-22-15(11)21-6-9)16-23-8-13(20)17(25-16)24-14-4-2-1-3-10(14)18(26)27/h5-8,10,14-15,21-22H,1-4H2,(H,26,27)(H,23,24,25)/t10-,14-,15?/m0/s1. The second kappa shape index (κ2) is 7.19. The zero-order valence-electron chi connectivity index (χ0n) is 14.4. The summed E-state index contributed by atoms with van der Waals surface area (Å²) in [6, 6.07) is -0.357. The summed E-state index contributed by atoms with van der Waals surface area (Å²) in [5.41, 5.74) is 1.57. The van der Waals surface area contributed by atoms with Gasteiger partial charge in [0.1, 0.15) is 6.17 Å². The summed E-state index contributed by atoms with van der Waals surface area (Å²) >= 11 is 6.07. The van der Waals surface area contributed by atoms with Crippen LogP contribution in [-0.4, -0.2) is 33.3 Å². The molecule has 1 aromatic heterocycles. The third-order valence-electron chi connectivity index (χ3n) is 5.09. The van der Waals surface area contributed by atoms with Crippen molar-refractivity contribution in [3.63, 3.8) is 0 Å². The molecule has 0 radical (unpaired) electrons. The van der Waals surface area contributed by atoms with Crippen LogP contribution in [0.2, 0.25) is 0 Å². The van der Waals surface area contributed by atoms with E-state index in [1.807, 2.05) is 0 Å². The Balaban J connectivity index is 1.61. The minimum absolute atomic E-state index is 0.0218. The van der Waals surface area contributed by atoms with Gasteiger partial charge < -0.3 is 21.1 Å². The Morgan fingerprint density at radius 2 is 2.07 bits per heavy atom. The zero-order valence-corrected chi connectivity index (χ0v) is 15.1. The molecule has 3 heterocycles. The van der Waals surface area contributed by atoms with Crippen molar-refractivity contribution in [3.05, 3.63) is 46.9 Å². The van der Waals surface area contributed by atoms with Crippen molar-refractivity contribution >= 4 is 29.0 Å². The van der Waals surface area contributed by atoms with E-state index in [2.05, 4.69) is 25.9 Å². The second-order valence-corrected chi connectivity index (χ2v) is 7.26. The van der Waals surface area contributed by atoms with E-state index in [4.69, 9.17) is 11.6 Å². The number of nitrogens with one attached hydrogen (secondary N) is 3. The van der Waals surface area contributed by atoms with Crippen LogP contribution < -0.4 is 16.0 Å². The Hall–Kier alpha value is -2.61. The van der Waals surface area contributed by atoms with Crippen molar-refractivity contribution in [3.8, 4) is 0 Å². The van der Waals surface area contributed by atoms with E-state index in [-0.39, 0.29) is 18.0 Å². The molecule has 0 amide bonds. The van der Waals surface area contributed by atoms with E-state index in [9.17, 15) is 14.3 Å². The van der Waals surface area contributed by atoms with Crippen molar-refractivity contribution in [2.45, 2.75) is 37.9 Å². The summed E-state index contributed by atoms with van der Waals surface area (Å²) in [4.78, 5) is 19.9. The molecule has 0 spiro atoms. The third-order valence-corrected chi connectivity index (χ3v) is 5.31. The van der Waals surface area contributed by atoms with Gasteiger partial charge in [0.25, 0.3) is 0 Å². The van der Waals surface area contributed by atoms with Crippen LogP contribution in [0.1, 0.15) is 31.5 Å². The van der Waals surface area contributed by atoms with E-state index in [0.717, 1.165) is 24.6 Å². The monoisotopic (exact) mass is 391 g/mol. The van der Waals surface area contributed by atoms with Crippen LogP contribution in [0, 0.1) is 11.7 Å². The summed E-state index contributed by atoms with van der Waals surface area (Å²) in [7, 11) is 0. The number of carbonyl (C=O) groups is 1. The highest BCUT2D eigenvalue weighted by Crippen LogP contribution is 2.32. The fourth-order valence-electron chi connectivity index (χ4n) is 3.71. The second-order valence-electron chi connectivity index (χ2n) is 6.82. The summed E-state index contributed by atoms with van der Waals surface area (Å²) in [5, 5.41) is 19.2. The first-order valence-electron chi connectivity index (χ1n) is 8.85. The number of nitrogens with zero attached hydrogens (tertiary/aromatic N) is 2. The highest BCUT2D eigenvalue weighted by Gasteiger charge is 2.32. The minimum Gasteiger partial charge on any atom is -0.481 e. The number of halogens is 2. The number of carboxylic acids is 1. The number of rotatable bonds is 4. The van der Waals surface area contributed by atoms with Crippen LogP contribution in [0.15, 0.2) is 35.3 Å². The zero-order chi connectivity index (χ0) is 19.0. The number of fused-ring (bicyclic) bond motifs is 1. The van der Waals surface area contributed by atoms with Crippen LogP contribution in [-0.2, 0) is 4.79 Å². The average molecular weight is 392 g/mol. The normalized spacial score (nSPS) is 26.7. The molecule has 0 aromatic carbocycles. The van der Waals surface area contributed by atoms with Crippen LogP contribution >= 0.6 is 11.6 Å². The SMILES string of the molecule is O=C(O)[C@H]1CCCC[C@@H]1Nc1nc(C2=CNC3NC=C(Cl)C=C23)ncc1F. The molecule has 1 unspecified atom stereocenters. The van der Waals surface area contributed by atoms with Crippen LogP contribution in [0.25, 0.3) is 5.57 Å². The van der Waals surface area contributed by atoms with E-state index < -0.39 is 17.7 Å². The van der Waals surface area contributed by atoms with E-state index >= 15 is 0 Å². The molecule has 142 valence electrons. The van der Waals surface area contributed by atoms with Crippen molar-refractivity contribution in [1.29, 1.82) is 0 Å². The van der Waals surface area contributed by atoms with Gasteiger partial charge in [-0.25, -0.2) is 14.4 Å². The van der Waals surface area contributed by atoms with Gasteiger partial charge in [-0.05, 0) is 18.9 Å². The number of hydrogen-bond acceptors (Lipinski definition) is 6. The largest absolute Gasteiger partial charge is 0.481 e. The van der Waals surface area contributed by atoms with Gasteiger partial charge in [0.15, 0.2) is 17.5 Å². The smallest absolute Gasteiger partial charge is 0.308 e. The Bertz CT molecular complexity index is 869. The number of allylic oxidation sites excluding steroid dienone is 2. The van der Waals surface area contributed by atoms with Gasteiger partial charge in [-0.3, -0.25) is 4.79 Å². The molecule has 1 aromatic rings. The number of aliphatic carboxylic acids is 1. The lowest BCUT2D eigenvalue weighted by atomic mass is 9.84. The molecule has 0 saturated heterocycles. The molecule has 7 nitrogen and oxygen atoms in total. The molecule has 4 N–H and O–H groups in total. The molecule has 27 heavy (non-hydrogen) atoms. The molecule has 3 aliphatic rings. The van der Waals surface area contributed by atoms with Crippen molar-refractivity contribution < 1.29 is 14.3 Å². The Labute approximate surface area is 160 Å². The predicted octanol–water partition coefficient (Wildman–Crippen LogP) is 2.55. The molecule has 4 rings (SSSR count). The Morgan fingerprint density at radius 1 is 1.30 bits per heavy atom. The first-order chi connectivity index (χ1) is 13.0. The quantitative estimate of drug-likeness (QED) is 0.626. The third kappa shape index (κ3) is 3.49. The average Bonchev–Trinajstić information content (AvgIpc) is 3.07.